The molecule has 1 saturated carbocycles. The number of carbonyl (C=O) groups excluding carboxylic acids is 1. The maximum absolute atomic E-state index is 11.9. The summed E-state index contributed by atoms with van der Waals surface area (Å²) < 4.78 is 0. The Morgan fingerprint density at radius 1 is 1.50 bits per heavy atom. The molecule has 2 rings (SSSR count). The first-order valence-corrected chi connectivity index (χ1v) is 6.66. The molecule has 0 spiro atoms. The minimum Gasteiger partial charge on any atom is -0.267 e. The van der Waals surface area contributed by atoms with Gasteiger partial charge >= 0.3 is 0 Å². The molecule has 1 unspecified atom stereocenters. The molecular weight excluding hydrogens is 258 g/mol. The van der Waals surface area contributed by atoms with Crippen LogP contribution in [0.2, 0.25) is 0 Å². The van der Waals surface area contributed by atoms with Gasteiger partial charge in [-0.2, -0.15) is 5.10 Å². The molecule has 0 radical (unpaired) electrons. The average Bonchev–Trinajstić information content (AvgIpc) is 2.45. The van der Waals surface area contributed by atoms with Crippen LogP contribution >= 0.6 is 0 Å². The van der Waals surface area contributed by atoms with E-state index in [1.807, 2.05) is 0 Å². The van der Waals surface area contributed by atoms with Crippen LogP contribution in [0.5, 0.6) is 0 Å². The topological polar surface area (TPSA) is 84.6 Å². The number of hydrazone groups is 1. The van der Waals surface area contributed by atoms with Crippen LogP contribution in [-0.4, -0.2) is 16.5 Å². The Balaban J connectivity index is 2.03. The van der Waals surface area contributed by atoms with Gasteiger partial charge in [-0.05, 0) is 37.7 Å². The number of nitrogens with zero attached hydrogens (tertiary/aromatic N) is 2. The number of benzene rings is 1. The molecule has 6 heteroatoms. The Labute approximate surface area is 117 Å². The van der Waals surface area contributed by atoms with Crippen molar-refractivity contribution in [2.45, 2.75) is 32.6 Å². The summed E-state index contributed by atoms with van der Waals surface area (Å²) in [6.45, 7) is 2.16. The normalized spacial score (nSPS) is 20.6. The Kier molecular flexibility index (Phi) is 4.45. The number of amides is 1. The molecule has 106 valence electrons. The van der Waals surface area contributed by atoms with Gasteiger partial charge in [-0.1, -0.05) is 13.0 Å². The highest BCUT2D eigenvalue weighted by Crippen LogP contribution is 2.21. The van der Waals surface area contributed by atoms with E-state index < -0.39 is 10.8 Å². The third-order valence-electron chi connectivity index (χ3n) is 3.38. The summed E-state index contributed by atoms with van der Waals surface area (Å²) in [7, 11) is 0. The van der Waals surface area contributed by atoms with E-state index in [1.165, 1.54) is 30.7 Å². The first kappa shape index (κ1) is 14.2. The Morgan fingerprint density at radius 2 is 2.30 bits per heavy atom. The zero-order chi connectivity index (χ0) is 14.5. The van der Waals surface area contributed by atoms with Crippen LogP contribution in [0, 0.1) is 16.0 Å². The number of non-ortho nitro benzene ring substituents is 1. The summed E-state index contributed by atoms with van der Waals surface area (Å²) in [6.07, 6.45) is 4.08. The van der Waals surface area contributed by atoms with Crippen molar-refractivity contribution >= 4 is 17.3 Å². The molecule has 0 heterocycles. The molecule has 0 saturated heterocycles. The van der Waals surface area contributed by atoms with E-state index >= 15 is 0 Å². The molecule has 1 fully saturated rings. The number of hydrogen-bond acceptors (Lipinski definition) is 4. The van der Waals surface area contributed by atoms with Crippen molar-refractivity contribution in [1.29, 1.82) is 0 Å². The zero-order valence-corrected chi connectivity index (χ0v) is 11.3. The third-order valence-corrected chi connectivity index (χ3v) is 3.38. The molecule has 1 N–H and O–H groups in total. The quantitative estimate of drug-likeness (QED) is 0.680. The fourth-order valence-corrected chi connectivity index (χ4v) is 2.32. The highest BCUT2D eigenvalue weighted by molar-refractivity contribution is 5.96. The van der Waals surface area contributed by atoms with Crippen LogP contribution in [0.3, 0.4) is 0 Å². The summed E-state index contributed by atoms with van der Waals surface area (Å²) in [5.41, 5.74) is 3.61. The number of carbonyl (C=O) groups is 1. The monoisotopic (exact) mass is 275 g/mol. The van der Waals surface area contributed by atoms with Gasteiger partial charge < -0.3 is 0 Å². The number of rotatable bonds is 3. The van der Waals surface area contributed by atoms with Crippen molar-refractivity contribution in [3.05, 3.63) is 39.9 Å². The Hall–Kier alpha value is -2.24. The fraction of sp³-hybridized carbons (Fsp3) is 0.429. The first-order valence-electron chi connectivity index (χ1n) is 6.66. The van der Waals surface area contributed by atoms with Crippen molar-refractivity contribution in [3.8, 4) is 0 Å². The Morgan fingerprint density at radius 3 is 3.00 bits per heavy atom. The van der Waals surface area contributed by atoms with Crippen molar-refractivity contribution in [3.63, 3.8) is 0 Å². The van der Waals surface area contributed by atoms with Gasteiger partial charge in [0.05, 0.1) is 4.92 Å². The molecule has 1 aromatic rings. The third kappa shape index (κ3) is 3.63. The first-order chi connectivity index (χ1) is 9.56. The van der Waals surface area contributed by atoms with Crippen molar-refractivity contribution in [2.24, 2.45) is 11.0 Å². The molecule has 0 aliphatic heterocycles. The molecule has 1 aromatic carbocycles. The fourth-order valence-electron chi connectivity index (χ4n) is 2.32. The van der Waals surface area contributed by atoms with Crippen LogP contribution in [0.25, 0.3) is 0 Å². The molecule has 1 aliphatic rings. The number of nitrogens with one attached hydrogen (secondary N) is 1. The average molecular weight is 275 g/mol. The van der Waals surface area contributed by atoms with Crippen molar-refractivity contribution < 1.29 is 9.72 Å². The molecule has 1 amide bonds. The van der Waals surface area contributed by atoms with E-state index in [0.29, 0.717) is 5.92 Å². The van der Waals surface area contributed by atoms with E-state index in [9.17, 15) is 14.9 Å². The van der Waals surface area contributed by atoms with E-state index in [1.54, 1.807) is 0 Å². The van der Waals surface area contributed by atoms with Crippen LogP contribution in [-0.2, 0) is 0 Å². The number of nitro groups is 1. The van der Waals surface area contributed by atoms with Gasteiger partial charge in [-0.3, -0.25) is 14.9 Å². The summed E-state index contributed by atoms with van der Waals surface area (Å²) in [5.74, 6) is 0.177. The summed E-state index contributed by atoms with van der Waals surface area (Å²) >= 11 is 0. The maximum Gasteiger partial charge on any atom is 0.271 e. The number of hydrogen-bond donors (Lipinski definition) is 1. The van der Waals surface area contributed by atoms with Gasteiger partial charge in [0, 0.05) is 23.4 Å². The van der Waals surface area contributed by atoms with E-state index in [4.69, 9.17) is 0 Å². The SMILES string of the molecule is CC1CCC/C(=N\NC(=O)c2cccc([N+](=O)[O-])c2)C1. The highest BCUT2D eigenvalue weighted by atomic mass is 16.6. The van der Waals surface area contributed by atoms with Gasteiger partial charge in [-0.25, -0.2) is 5.43 Å². The molecule has 0 aromatic heterocycles. The lowest BCUT2D eigenvalue weighted by molar-refractivity contribution is -0.384. The predicted octanol–water partition coefficient (Wildman–Crippen LogP) is 2.89. The van der Waals surface area contributed by atoms with E-state index in [2.05, 4.69) is 17.5 Å². The molecular formula is C14H17N3O3. The second kappa shape index (κ2) is 6.27. The van der Waals surface area contributed by atoms with Gasteiger partial charge in [-0.15, -0.1) is 0 Å². The summed E-state index contributed by atoms with van der Waals surface area (Å²) in [6, 6.07) is 5.62. The number of nitro benzene ring substituents is 1. The second-order valence-corrected chi connectivity index (χ2v) is 5.13. The standard InChI is InChI=1S/C14H17N3O3/c1-10-4-2-6-12(8-10)15-16-14(18)11-5-3-7-13(9-11)17(19)20/h3,5,7,9-10H,2,4,6,8H2,1H3,(H,16,18)/b15-12+. The second-order valence-electron chi connectivity index (χ2n) is 5.13. The highest BCUT2D eigenvalue weighted by Gasteiger charge is 2.15. The molecule has 1 atom stereocenters. The maximum atomic E-state index is 11.9. The molecule has 6 nitrogen and oxygen atoms in total. The zero-order valence-electron chi connectivity index (χ0n) is 11.3. The van der Waals surface area contributed by atoms with Crippen molar-refractivity contribution in [1.82, 2.24) is 5.43 Å². The smallest absolute Gasteiger partial charge is 0.267 e. The van der Waals surface area contributed by atoms with Gasteiger partial charge in [0.2, 0.25) is 0 Å². The van der Waals surface area contributed by atoms with Crippen LogP contribution in [0.1, 0.15) is 43.0 Å². The van der Waals surface area contributed by atoms with Gasteiger partial charge in [0.15, 0.2) is 0 Å². The minimum atomic E-state index is -0.522. The lowest BCUT2D eigenvalue weighted by Crippen LogP contribution is -2.22. The summed E-state index contributed by atoms with van der Waals surface area (Å²) in [5, 5.41) is 14.8. The predicted molar refractivity (Wildman–Crippen MR) is 75.6 cm³/mol. The van der Waals surface area contributed by atoms with Crippen LogP contribution in [0.4, 0.5) is 5.69 Å². The lowest BCUT2D eigenvalue weighted by Gasteiger charge is -2.18. The van der Waals surface area contributed by atoms with E-state index in [0.717, 1.165) is 25.0 Å². The summed E-state index contributed by atoms with van der Waals surface area (Å²) in [4.78, 5) is 22.0. The van der Waals surface area contributed by atoms with Crippen molar-refractivity contribution in [2.75, 3.05) is 0 Å². The van der Waals surface area contributed by atoms with Crippen LogP contribution < -0.4 is 5.43 Å². The van der Waals surface area contributed by atoms with E-state index in [-0.39, 0.29) is 11.3 Å². The van der Waals surface area contributed by atoms with Crippen LogP contribution in [0.15, 0.2) is 29.4 Å². The lowest BCUT2D eigenvalue weighted by atomic mass is 9.89. The molecule has 1 aliphatic carbocycles. The largest absolute Gasteiger partial charge is 0.271 e. The van der Waals surface area contributed by atoms with Gasteiger partial charge in [0.25, 0.3) is 11.6 Å². The minimum absolute atomic E-state index is 0.100. The Bertz CT molecular complexity index is 554. The molecule has 0 bridgehead atoms. The van der Waals surface area contributed by atoms with Gasteiger partial charge in [0.1, 0.15) is 0 Å². The molecule has 20 heavy (non-hydrogen) atoms.